The molecule has 1 radical (unpaired) electrons. The van der Waals surface area contributed by atoms with Gasteiger partial charge < -0.3 is 15.1 Å². The molecule has 0 spiro atoms. The molecule has 0 fully saturated rings. The van der Waals surface area contributed by atoms with Gasteiger partial charge in [-0.2, -0.15) is 0 Å². The van der Waals surface area contributed by atoms with Crippen molar-refractivity contribution >= 4 is 0 Å². The summed E-state index contributed by atoms with van der Waals surface area (Å²) >= 11 is 0. The molecule has 3 heteroatoms. The third kappa shape index (κ3) is 4.73. The van der Waals surface area contributed by atoms with Crippen molar-refractivity contribution in [2.75, 3.05) is 26.7 Å². The number of aliphatic hydroxyl groups is 2. The fourth-order valence-electron chi connectivity index (χ4n) is 0.779. The first kappa shape index (κ1) is 9.88. The van der Waals surface area contributed by atoms with Crippen molar-refractivity contribution in [3.8, 4) is 0 Å². The molecule has 0 aromatic carbocycles. The van der Waals surface area contributed by atoms with Gasteiger partial charge in [0, 0.05) is 6.54 Å². The van der Waals surface area contributed by atoms with Crippen LogP contribution < -0.4 is 0 Å². The third-order valence-electron chi connectivity index (χ3n) is 1.27. The van der Waals surface area contributed by atoms with Crippen molar-refractivity contribution in [2.45, 2.75) is 12.5 Å². The van der Waals surface area contributed by atoms with Gasteiger partial charge in [-0.05, 0) is 20.0 Å². The molecule has 0 amide bonds. The number of hydrogen-bond acceptors (Lipinski definition) is 3. The van der Waals surface area contributed by atoms with Crippen molar-refractivity contribution in [2.24, 2.45) is 0 Å². The van der Waals surface area contributed by atoms with Gasteiger partial charge >= 0.3 is 0 Å². The zero-order valence-corrected chi connectivity index (χ0v) is 6.45. The summed E-state index contributed by atoms with van der Waals surface area (Å²) in [6.45, 7) is 4.89. The lowest BCUT2D eigenvalue weighted by molar-refractivity contribution is 0.0670. The molecule has 0 rings (SSSR count). The second-order valence-corrected chi connectivity index (χ2v) is 2.45. The molecule has 2 N–H and O–H groups in total. The van der Waals surface area contributed by atoms with Crippen LogP contribution in [-0.4, -0.2) is 48.0 Å². The molecule has 0 saturated heterocycles. The van der Waals surface area contributed by atoms with Crippen molar-refractivity contribution in [1.29, 1.82) is 0 Å². The Kier molecular flexibility index (Phi) is 5.58. The average Bonchev–Trinajstić information content (AvgIpc) is 1.88. The van der Waals surface area contributed by atoms with Gasteiger partial charge in [0.2, 0.25) is 0 Å². The van der Waals surface area contributed by atoms with Crippen LogP contribution in [-0.2, 0) is 0 Å². The molecule has 3 nitrogen and oxygen atoms in total. The van der Waals surface area contributed by atoms with Crippen molar-refractivity contribution < 1.29 is 10.2 Å². The van der Waals surface area contributed by atoms with E-state index in [-0.39, 0.29) is 6.61 Å². The van der Waals surface area contributed by atoms with Crippen LogP contribution in [0.2, 0.25) is 0 Å². The van der Waals surface area contributed by atoms with Crippen LogP contribution in [0.1, 0.15) is 6.42 Å². The van der Waals surface area contributed by atoms with E-state index in [4.69, 9.17) is 10.2 Å². The second kappa shape index (κ2) is 5.65. The van der Waals surface area contributed by atoms with Gasteiger partial charge in [-0.15, -0.1) is 0 Å². The lowest BCUT2D eigenvalue weighted by atomic mass is 10.3. The summed E-state index contributed by atoms with van der Waals surface area (Å²) in [5, 5.41) is 17.4. The maximum Gasteiger partial charge on any atom is 0.0897 e. The van der Waals surface area contributed by atoms with Gasteiger partial charge in [-0.3, -0.25) is 0 Å². The van der Waals surface area contributed by atoms with E-state index >= 15 is 0 Å². The predicted molar refractivity (Wildman–Crippen MR) is 40.6 cm³/mol. The van der Waals surface area contributed by atoms with Crippen LogP contribution in [0.15, 0.2) is 0 Å². The summed E-state index contributed by atoms with van der Waals surface area (Å²) in [6, 6.07) is 0. The zero-order chi connectivity index (χ0) is 7.98. The Bertz CT molecular complexity index is 78.0. The quantitative estimate of drug-likeness (QED) is 0.549. The van der Waals surface area contributed by atoms with Crippen LogP contribution >= 0.6 is 0 Å². The number of likely N-dealkylation sites (N-methyl/N-ethyl adjacent to an activating group) is 1. The SMILES string of the molecule is [CH2]CCN(C)CC(O)CO. The Morgan fingerprint density at radius 2 is 2.20 bits per heavy atom. The van der Waals surface area contributed by atoms with Gasteiger partial charge in [-0.25, -0.2) is 0 Å². The minimum Gasteiger partial charge on any atom is -0.394 e. The monoisotopic (exact) mass is 146 g/mol. The maximum absolute atomic E-state index is 8.94. The first-order chi connectivity index (χ1) is 4.70. The number of rotatable bonds is 5. The molecule has 0 aromatic rings. The van der Waals surface area contributed by atoms with E-state index in [0.29, 0.717) is 6.54 Å². The highest BCUT2D eigenvalue weighted by Crippen LogP contribution is 1.89. The van der Waals surface area contributed by atoms with Gasteiger partial charge in [0.25, 0.3) is 0 Å². The second-order valence-electron chi connectivity index (χ2n) is 2.45. The summed E-state index contributed by atoms with van der Waals surface area (Å²) in [7, 11) is 1.89. The molecule has 1 atom stereocenters. The topological polar surface area (TPSA) is 43.7 Å². The number of aliphatic hydroxyl groups excluding tert-OH is 2. The average molecular weight is 146 g/mol. The highest BCUT2D eigenvalue weighted by Gasteiger charge is 2.04. The summed E-state index contributed by atoms with van der Waals surface area (Å²) in [5.74, 6) is 0. The van der Waals surface area contributed by atoms with E-state index in [9.17, 15) is 0 Å². The molecule has 10 heavy (non-hydrogen) atoms. The molecule has 0 aromatic heterocycles. The lowest BCUT2D eigenvalue weighted by Gasteiger charge is -2.17. The Morgan fingerprint density at radius 1 is 1.60 bits per heavy atom. The van der Waals surface area contributed by atoms with Crippen molar-refractivity contribution in [3.63, 3.8) is 0 Å². The molecule has 1 unspecified atom stereocenters. The van der Waals surface area contributed by atoms with E-state index in [1.165, 1.54) is 0 Å². The lowest BCUT2D eigenvalue weighted by Crippen LogP contribution is -2.31. The van der Waals surface area contributed by atoms with Crippen LogP contribution in [0.4, 0.5) is 0 Å². The maximum atomic E-state index is 8.94. The minimum atomic E-state index is -0.614. The van der Waals surface area contributed by atoms with E-state index < -0.39 is 6.10 Å². The van der Waals surface area contributed by atoms with E-state index in [1.807, 2.05) is 11.9 Å². The number of hydrogen-bond donors (Lipinski definition) is 2. The van der Waals surface area contributed by atoms with Crippen molar-refractivity contribution in [3.05, 3.63) is 6.92 Å². The Balaban J connectivity index is 3.27. The highest BCUT2D eigenvalue weighted by atomic mass is 16.3. The molecular formula is C7H16NO2. The van der Waals surface area contributed by atoms with Crippen LogP contribution in [0.25, 0.3) is 0 Å². The van der Waals surface area contributed by atoms with Crippen LogP contribution in [0.5, 0.6) is 0 Å². The van der Waals surface area contributed by atoms with E-state index in [2.05, 4.69) is 6.92 Å². The minimum absolute atomic E-state index is 0.165. The first-order valence-corrected chi connectivity index (χ1v) is 3.47. The predicted octanol–water partition coefficient (Wildman–Crippen LogP) is -0.504. The first-order valence-electron chi connectivity index (χ1n) is 3.47. The Morgan fingerprint density at radius 3 is 2.60 bits per heavy atom. The van der Waals surface area contributed by atoms with Gasteiger partial charge in [0.05, 0.1) is 12.7 Å². The molecule has 0 saturated carbocycles. The fraction of sp³-hybridized carbons (Fsp3) is 0.857. The molecule has 0 aliphatic rings. The standard InChI is InChI=1S/C7H16NO2/c1-3-4-8(2)5-7(10)6-9/h7,9-10H,1,3-6H2,2H3. The summed E-state index contributed by atoms with van der Waals surface area (Å²) < 4.78 is 0. The number of nitrogens with zero attached hydrogens (tertiary/aromatic N) is 1. The highest BCUT2D eigenvalue weighted by molar-refractivity contribution is 4.59. The van der Waals surface area contributed by atoms with Gasteiger partial charge in [-0.1, -0.05) is 6.92 Å². The molecule has 0 bridgehead atoms. The largest absolute Gasteiger partial charge is 0.394 e. The van der Waals surface area contributed by atoms with Crippen LogP contribution in [0, 0.1) is 6.92 Å². The molecule has 0 aliphatic heterocycles. The van der Waals surface area contributed by atoms with Crippen LogP contribution in [0.3, 0.4) is 0 Å². The fourth-order valence-corrected chi connectivity index (χ4v) is 0.779. The summed E-state index contributed by atoms with van der Waals surface area (Å²) in [6.07, 6.45) is 0.214. The normalized spacial score (nSPS) is 14.1. The molecule has 61 valence electrons. The third-order valence-corrected chi connectivity index (χ3v) is 1.27. The summed E-state index contributed by atoms with van der Waals surface area (Å²) in [4.78, 5) is 1.94. The molecular weight excluding hydrogens is 130 g/mol. The smallest absolute Gasteiger partial charge is 0.0897 e. The molecule has 0 heterocycles. The Hall–Kier alpha value is -0.120. The van der Waals surface area contributed by atoms with E-state index in [0.717, 1.165) is 13.0 Å². The zero-order valence-electron chi connectivity index (χ0n) is 6.45. The van der Waals surface area contributed by atoms with Crippen molar-refractivity contribution in [1.82, 2.24) is 4.90 Å². The Labute approximate surface area is 62.3 Å². The van der Waals surface area contributed by atoms with Gasteiger partial charge in [0.15, 0.2) is 0 Å². The van der Waals surface area contributed by atoms with Gasteiger partial charge in [0.1, 0.15) is 0 Å². The van der Waals surface area contributed by atoms with E-state index in [1.54, 1.807) is 0 Å². The molecule has 0 aliphatic carbocycles. The summed E-state index contributed by atoms with van der Waals surface area (Å²) in [5.41, 5.74) is 0.